The molecule has 2 fully saturated rings. The Labute approximate surface area is 160 Å². The van der Waals surface area contributed by atoms with Gasteiger partial charge in [0.25, 0.3) is 0 Å². The van der Waals surface area contributed by atoms with Gasteiger partial charge in [-0.2, -0.15) is 0 Å². The Hall–Kier alpha value is -2.60. The second kappa shape index (κ2) is 7.96. The van der Waals surface area contributed by atoms with Crippen LogP contribution in [0.15, 0.2) is 42.6 Å². The van der Waals surface area contributed by atoms with Gasteiger partial charge in [-0.25, -0.2) is 4.98 Å². The van der Waals surface area contributed by atoms with Crippen molar-refractivity contribution in [2.45, 2.75) is 19.4 Å². The van der Waals surface area contributed by atoms with Crippen LogP contribution in [0.2, 0.25) is 0 Å². The van der Waals surface area contributed by atoms with Gasteiger partial charge in [0.15, 0.2) is 0 Å². The van der Waals surface area contributed by atoms with Gasteiger partial charge in [-0.05, 0) is 42.7 Å². The van der Waals surface area contributed by atoms with Crippen LogP contribution in [0.5, 0.6) is 5.75 Å². The van der Waals surface area contributed by atoms with Gasteiger partial charge in [0.05, 0.1) is 19.0 Å². The number of ether oxygens (including phenoxy) is 1. The minimum absolute atomic E-state index is 0.121. The molecule has 142 valence electrons. The third-order valence-electron chi connectivity index (χ3n) is 5.20. The number of nitrogens with one attached hydrogen (secondary N) is 1. The summed E-state index contributed by atoms with van der Waals surface area (Å²) in [5.41, 5.74) is 2.06. The van der Waals surface area contributed by atoms with Crippen LogP contribution in [0, 0.1) is 5.92 Å². The number of carbonyl (C=O) groups is 1. The Morgan fingerprint density at radius 2 is 2.00 bits per heavy atom. The van der Waals surface area contributed by atoms with E-state index in [2.05, 4.69) is 32.2 Å². The molecule has 1 saturated carbocycles. The molecule has 2 aliphatic rings. The standard InChI is InChI=1S/C21H26N4O2/c1-27-19-4-2-3-16(13-19)15-24-9-11-25(12-10-24)20-8-7-18(14-22-20)23-21(26)17-5-6-17/h2-4,7-8,13-14,17H,5-6,9-12,15H2,1H3,(H,23,26). The molecule has 4 rings (SSSR count). The zero-order valence-electron chi connectivity index (χ0n) is 15.7. The molecule has 2 heterocycles. The van der Waals surface area contributed by atoms with Crippen molar-refractivity contribution < 1.29 is 9.53 Å². The van der Waals surface area contributed by atoms with E-state index in [1.165, 1.54) is 5.56 Å². The SMILES string of the molecule is COc1cccc(CN2CCN(c3ccc(NC(=O)C4CC4)cn3)CC2)c1. The zero-order chi connectivity index (χ0) is 18.6. The van der Waals surface area contributed by atoms with E-state index in [1.807, 2.05) is 24.3 Å². The van der Waals surface area contributed by atoms with Crippen LogP contribution in [-0.2, 0) is 11.3 Å². The monoisotopic (exact) mass is 366 g/mol. The lowest BCUT2D eigenvalue weighted by Gasteiger charge is -2.35. The minimum atomic E-state index is 0.121. The third kappa shape index (κ3) is 4.57. The van der Waals surface area contributed by atoms with E-state index in [-0.39, 0.29) is 11.8 Å². The summed E-state index contributed by atoms with van der Waals surface area (Å²) in [6.07, 6.45) is 3.78. The number of piperazine rings is 1. The molecule has 0 spiro atoms. The lowest BCUT2D eigenvalue weighted by atomic mass is 10.2. The number of pyridine rings is 1. The van der Waals surface area contributed by atoms with Gasteiger partial charge in [0.2, 0.25) is 5.91 Å². The van der Waals surface area contributed by atoms with Gasteiger partial charge in [-0.3, -0.25) is 9.69 Å². The fourth-order valence-electron chi connectivity index (χ4n) is 3.40. The van der Waals surface area contributed by atoms with E-state index in [0.717, 1.165) is 62.8 Å². The summed E-state index contributed by atoms with van der Waals surface area (Å²) in [5, 5.41) is 2.94. The van der Waals surface area contributed by atoms with Crippen molar-refractivity contribution in [1.29, 1.82) is 0 Å². The Bertz CT molecular complexity index is 781. The van der Waals surface area contributed by atoms with E-state index in [0.29, 0.717) is 0 Å². The average Bonchev–Trinajstić information content (AvgIpc) is 3.55. The first-order chi connectivity index (χ1) is 13.2. The molecule has 27 heavy (non-hydrogen) atoms. The maximum absolute atomic E-state index is 11.8. The molecule has 0 radical (unpaired) electrons. The molecule has 1 N–H and O–H groups in total. The molecule has 1 aliphatic carbocycles. The van der Waals surface area contributed by atoms with Gasteiger partial charge < -0.3 is 15.0 Å². The summed E-state index contributed by atoms with van der Waals surface area (Å²) in [6, 6.07) is 12.2. The summed E-state index contributed by atoms with van der Waals surface area (Å²) in [7, 11) is 1.70. The van der Waals surface area contributed by atoms with E-state index in [4.69, 9.17) is 4.74 Å². The van der Waals surface area contributed by atoms with Gasteiger partial charge in [-0.15, -0.1) is 0 Å². The van der Waals surface area contributed by atoms with Crippen LogP contribution in [0.4, 0.5) is 11.5 Å². The lowest BCUT2D eigenvalue weighted by molar-refractivity contribution is -0.117. The average molecular weight is 366 g/mol. The van der Waals surface area contributed by atoms with Crippen LogP contribution in [0.3, 0.4) is 0 Å². The topological polar surface area (TPSA) is 57.7 Å². The fraction of sp³-hybridized carbons (Fsp3) is 0.429. The van der Waals surface area contributed by atoms with Crippen molar-refractivity contribution in [1.82, 2.24) is 9.88 Å². The molecule has 6 heteroatoms. The summed E-state index contributed by atoms with van der Waals surface area (Å²) in [5.74, 6) is 2.21. The van der Waals surface area contributed by atoms with Gasteiger partial charge in [0, 0.05) is 38.6 Å². The molecule has 0 atom stereocenters. The van der Waals surface area contributed by atoms with Gasteiger partial charge >= 0.3 is 0 Å². The van der Waals surface area contributed by atoms with Crippen LogP contribution < -0.4 is 15.0 Å². The Morgan fingerprint density at radius 3 is 2.67 bits per heavy atom. The minimum Gasteiger partial charge on any atom is -0.497 e. The van der Waals surface area contributed by atoms with Crippen LogP contribution in [0.1, 0.15) is 18.4 Å². The van der Waals surface area contributed by atoms with Gasteiger partial charge in [-0.1, -0.05) is 12.1 Å². The van der Waals surface area contributed by atoms with Crippen LogP contribution in [0.25, 0.3) is 0 Å². The van der Waals surface area contributed by atoms with Crippen LogP contribution >= 0.6 is 0 Å². The Balaban J connectivity index is 1.28. The summed E-state index contributed by atoms with van der Waals surface area (Å²) in [4.78, 5) is 21.1. The number of hydrogen-bond acceptors (Lipinski definition) is 5. The van der Waals surface area contributed by atoms with Crippen molar-refractivity contribution in [3.8, 4) is 5.75 Å². The summed E-state index contributed by atoms with van der Waals surface area (Å²) in [6.45, 7) is 4.83. The molecule has 0 bridgehead atoms. The number of carbonyl (C=O) groups excluding carboxylic acids is 1. The number of rotatable bonds is 6. The molecule has 1 aliphatic heterocycles. The first-order valence-corrected chi connectivity index (χ1v) is 9.58. The highest BCUT2D eigenvalue weighted by Crippen LogP contribution is 2.30. The molecule has 2 aromatic rings. The zero-order valence-corrected chi connectivity index (χ0v) is 15.7. The highest BCUT2D eigenvalue weighted by Gasteiger charge is 2.29. The summed E-state index contributed by atoms with van der Waals surface area (Å²) >= 11 is 0. The van der Waals surface area contributed by atoms with Crippen LogP contribution in [-0.4, -0.2) is 49.1 Å². The quantitative estimate of drug-likeness (QED) is 0.852. The van der Waals surface area contributed by atoms with E-state index < -0.39 is 0 Å². The van der Waals surface area contributed by atoms with Crippen molar-refractivity contribution in [3.05, 3.63) is 48.2 Å². The number of methoxy groups -OCH3 is 1. The fourth-order valence-corrected chi connectivity index (χ4v) is 3.40. The highest BCUT2D eigenvalue weighted by molar-refractivity contribution is 5.93. The molecular weight excluding hydrogens is 340 g/mol. The Morgan fingerprint density at radius 1 is 1.19 bits per heavy atom. The predicted molar refractivity (Wildman–Crippen MR) is 106 cm³/mol. The maximum atomic E-state index is 11.8. The largest absolute Gasteiger partial charge is 0.497 e. The molecule has 1 aromatic carbocycles. The summed E-state index contributed by atoms with van der Waals surface area (Å²) < 4.78 is 5.31. The molecular formula is C21H26N4O2. The van der Waals surface area contributed by atoms with Crippen molar-refractivity contribution in [2.24, 2.45) is 5.92 Å². The number of hydrogen-bond donors (Lipinski definition) is 1. The molecule has 1 aromatic heterocycles. The van der Waals surface area contributed by atoms with Crippen molar-refractivity contribution in [2.75, 3.05) is 43.5 Å². The first kappa shape index (κ1) is 17.8. The van der Waals surface area contributed by atoms with E-state index in [9.17, 15) is 4.79 Å². The lowest BCUT2D eigenvalue weighted by Crippen LogP contribution is -2.46. The van der Waals surface area contributed by atoms with Gasteiger partial charge in [0.1, 0.15) is 11.6 Å². The number of anilines is 2. The number of aromatic nitrogens is 1. The smallest absolute Gasteiger partial charge is 0.227 e. The second-order valence-corrected chi connectivity index (χ2v) is 7.28. The molecule has 1 amide bonds. The van der Waals surface area contributed by atoms with Crippen molar-refractivity contribution in [3.63, 3.8) is 0 Å². The molecule has 1 saturated heterocycles. The highest BCUT2D eigenvalue weighted by atomic mass is 16.5. The van der Waals surface area contributed by atoms with E-state index in [1.54, 1.807) is 13.3 Å². The maximum Gasteiger partial charge on any atom is 0.227 e. The predicted octanol–water partition coefficient (Wildman–Crippen LogP) is 2.76. The normalized spacial score (nSPS) is 17.6. The van der Waals surface area contributed by atoms with Crippen molar-refractivity contribution >= 4 is 17.4 Å². The molecule has 6 nitrogen and oxygen atoms in total. The third-order valence-corrected chi connectivity index (χ3v) is 5.20. The number of amides is 1. The van der Waals surface area contributed by atoms with E-state index >= 15 is 0 Å². The second-order valence-electron chi connectivity index (χ2n) is 7.28. The number of nitrogens with zero attached hydrogens (tertiary/aromatic N) is 3. The Kier molecular flexibility index (Phi) is 5.25. The number of benzene rings is 1. The first-order valence-electron chi connectivity index (χ1n) is 9.58. The molecule has 0 unspecified atom stereocenters.